The van der Waals surface area contributed by atoms with Gasteiger partial charge >= 0.3 is 0 Å². The maximum atomic E-state index is 12.8. The maximum Gasteiger partial charge on any atom is 0.274 e. The van der Waals surface area contributed by atoms with E-state index in [2.05, 4.69) is 33.8 Å². The first-order valence-electron chi connectivity index (χ1n) is 9.43. The van der Waals surface area contributed by atoms with E-state index in [-0.39, 0.29) is 24.2 Å². The van der Waals surface area contributed by atoms with Crippen LogP contribution in [-0.4, -0.2) is 28.8 Å². The van der Waals surface area contributed by atoms with E-state index in [1.807, 2.05) is 18.2 Å². The average Bonchev–Trinajstić information content (AvgIpc) is 3.18. The Labute approximate surface area is 172 Å². The van der Waals surface area contributed by atoms with Gasteiger partial charge in [-0.2, -0.15) is 0 Å². The summed E-state index contributed by atoms with van der Waals surface area (Å²) >= 11 is 1.76. The lowest BCUT2D eigenvalue weighted by Crippen LogP contribution is -2.40. The van der Waals surface area contributed by atoms with E-state index in [0.29, 0.717) is 11.3 Å². The number of nitrogens with one attached hydrogen (secondary N) is 1. The van der Waals surface area contributed by atoms with Crippen molar-refractivity contribution in [1.29, 1.82) is 0 Å². The van der Waals surface area contributed by atoms with Gasteiger partial charge in [0, 0.05) is 17.5 Å². The summed E-state index contributed by atoms with van der Waals surface area (Å²) in [5.74, 6) is -0.173. The molecule has 1 aliphatic rings. The van der Waals surface area contributed by atoms with Crippen LogP contribution in [0.4, 0.5) is 11.4 Å². The normalized spacial score (nSPS) is 16.2. The van der Waals surface area contributed by atoms with Crippen molar-refractivity contribution >= 4 is 28.6 Å². The highest BCUT2D eigenvalue weighted by Gasteiger charge is 2.30. The van der Waals surface area contributed by atoms with Crippen molar-refractivity contribution in [2.75, 3.05) is 18.4 Å². The van der Waals surface area contributed by atoms with Crippen LogP contribution in [-0.2, 0) is 11.2 Å². The monoisotopic (exact) mass is 407 g/mol. The molecule has 1 aliphatic heterocycles. The van der Waals surface area contributed by atoms with Crippen molar-refractivity contribution < 1.29 is 9.72 Å². The van der Waals surface area contributed by atoms with Gasteiger partial charge in [0.15, 0.2) is 0 Å². The van der Waals surface area contributed by atoms with Gasteiger partial charge in [0.2, 0.25) is 5.91 Å². The molecular formula is C22H21N3O3S. The van der Waals surface area contributed by atoms with Gasteiger partial charge in [0.05, 0.1) is 28.8 Å². The number of rotatable bonds is 5. The summed E-state index contributed by atoms with van der Waals surface area (Å²) in [5.41, 5.74) is 3.36. The zero-order chi connectivity index (χ0) is 20.4. The molecule has 1 atom stereocenters. The lowest BCUT2D eigenvalue weighted by molar-refractivity contribution is -0.385. The van der Waals surface area contributed by atoms with Crippen molar-refractivity contribution in [3.8, 4) is 0 Å². The molecule has 29 heavy (non-hydrogen) atoms. The predicted octanol–water partition coefficient (Wildman–Crippen LogP) is 4.55. The first kappa shape index (κ1) is 19.3. The molecule has 3 aromatic rings. The molecule has 1 N–H and O–H groups in total. The fourth-order valence-electron chi connectivity index (χ4n) is 3.90. The van der Waals surface area contributed by atoms with Gasteiger partial charge < -0.3 is 5.32 Å². The van der Waals surface area contributed by atoms with E-state index in [9.17, 15) is 14.9 Å². The van der Waals surface area contributed by atoms with Crippen LogP contribution >= 0.6 is 11.3 Å². The quantitative estimate of drug-likeness (QED) is 0.497. The highest BCUT2D eigenvalue weighted by atomic mass is 32.1. The summed E-state index contributed by atoms with van der Waals surface area (Å²) < 4.78 is 0. The van der Waals surface area contributed by atoms with Crippen molar-refractivity contribution in [2.24, 2.45) is 0 Å². The van der Waals surface area contributed by atoms with Crippen molar-refractivity contribution in [3.63, 3.8) is 0 Å². The Hall–Kier alpha value is -3.03. The topological polar surface area (TPSA) is 75.5 Å². The third kappa shape index (κ3) is 3.92. The minimum Gasteiger partial charge on any atom is -0.324 e. The number of amides is 1. The first-order chi connectivity index (χ1) is 14.0. The largest absolute Gasteiger partial charge is 0.324 e. The minimum absolute atomic E-state index is 0.00542. The zero-order valence-electron chi connectivity index (χ0n) is 16.0. The molecule has 1 unspecified atom stereocenters. The van der Waals surface area contributed by atoms with E-state index in [1.54, 1.807) is 30.4 Å². The third-order valence-corrected chi connectivity index (χ3v) is 6.30. The second kappa shape index (κ2) is 8.14. The second-order valence-corrected chi connectivity index (χ2v) is 8.09. The molecular weight excluding hydrogens is 386 g/mol. The number of thiophene rings is 1. The fourth-order valence-corrected chi connectivity index (χ4v) is 4.80. The van der Waals surface area contributed by atoms with Crippen LogP contribution in [0.3, 0.4) is 0 Å². The van der Waals surface area contributed by atoms with Crippen LogP contribution in [0.2, 0.25) is 0 Å². The van der Waals surface area contributed by atoms with Crippen LogP contribution in [0, 0.1) is 17.0 Å². The summed E-state index contributed by atoms with van der Waals surface area (Å²) in [7, 11) is 0. The molecule has 4 rings (SSSR count). The Morgan fingerprint density at radius 3 is 2.76 bits per heavy atom. The molecule has 2 aromatic carbocycles. The highest BCUT2D eigenvalue weighted by Crippen LogP contribution is 2.37. The molecule has 0 saturated carbocycles. The zero-order valence-corrected chi connectivity index (χ0v) is 16.8. The standard InChI is InChI=1S/C22H21N3O3S/c1-15-18(8-5-9-19(15)25(27)28)23-21(26)14-24-12-10-20-17(11-13-29-20)22(24)16-6-3-2-4-7-16/h2-9,11,13,22H,10,12,14H2,1H3,(H,23,26). The van der Waals surface area contributed by atoms with Gasteiger partial charge in [-0.1, -0.05) is 36.4 Å². The maximum absolute atomic E-state index is 12.8. The minimum atomic E-state index is -0.431. The van der Waals surface area contributed by atoms with E-state index in [0.717, 1.165) is 18.5 Å². The number of hydrogen-bond donors (Lipinski definition) is 1. The molecule has 0 saturated heterocycles. The predicted molar refractivity (Wildman–Crippen MR) is 114 cm³/mol. The number of carbonyl (C=O) groups excluding carboxylic acids is 1. The summed E-state index contributed by atoms with van der Waals surface area (Å²) in [5, 5.41) is 16.1. The Balaban J connectivity index is 1.56. The van der Waals surface area contributed by atoms with E-state index in [4.69, 9.17) is 0 Å². The van der Waals surface area contributed by atoms with Crippen LogP contribution in [0.1, 0.15) is 27.6 Å². The van der Waals surface area contributed by atoms with Crippen LogP contribution < -0.4 is 5.32 Å². The molecule has 148 valence electrons. The molecule has 7 heteroatoms. The number of fused-ring (bicyclic) bond motifs is 1. The van der Waals surface area contributed by atoms with Crippen LogP contribution in [0.15, 0.2) is 60.0 Å². The Morgan fingerprint density at radius 1 is 1.21 bits per heavy atom. The summed E-state index contributed by atoms with van der Waals surface area (Å²) in [6.45, 7) is 2.66. The molecule has 1 aromatic heterocycles. The fraction of sp³-hybridized carbons (Fsp3) is 0.227. The van der Waals surface area contributed by atoms with Gasteiger partial charge in [0.1, 0.15) is 0 Å². The molecule has 0 aliphatic carbocycles. The van der Waals surface area contributed by atoms with E-state index < -0.39 is 4.92 Å². The van der Waals surface area contributed by atoms with Crippen molar-refractivity contribution in [1.82, 2.24) is 4.90 Å². The summed E-state index contributed by atoms with van der Waals surface area (Å²) in [6.07, 6.45) is 0.916. The Morgan fingerprint density at radius 2 is 2.00 bits per heavy atom. The molecule has 1 amide bonds. The van der Waals surface area contributed by atoms with Gasteiger partial charge in [-0.3, -0.25) is 19.8 Å². The molecule has 0 spiro atoms. The second-order valence-electron chi connectivity index (χ2n) is 7.09. The van der Waals surface area contributed by atoms with Crippen LogP contribution in [0.5, 0.6) is 0 Å². The average molecular weight is 407 g/mol. The van der Waals surface area contributed by atoms with Gasteiger partial charge in [0.25, 0.3) is 5.69 Å². The Bertz CT molecular complexity index is 1050. The van der Waals surface area contributed by atoms with Gasteiger partial charge in [-0.25, -0.2) is 0 Å². The molecule has 6 nitrogen and oxygen atoms in total. The Kier molecular flexibility index (Phi) is 5.42. The highest BCUT2D eigenvalue weighted by molar-refractivity contribution is 7.10. The number of anilines is 1. The third-order valence-electron chi connectivity index (χ3n) is 5.30. The van der Waals surface area contributed by atoms with Gasteiger partial charge in [-0.15, -0.1) is 11.3 Å². The molecule has 0 bridgehead atoms. The molecule has 0 radical (unpaired) electrons. The number of nitro benzene ring substituents is 1. The lowest BCUT2D eigenvalue weighted by atomic mass is 9.93. The summed E-state index contributed by atoms with van der Waals surface area (Å²) in [6, 6.07) is 17.1. The van der Waals surface area contributed by atoms with E-state index >= 15 is 0 Å². The SMILES string of the molecule is Cc1c(NC(=O)CN2CCc3sccc3C2c2ccccc2)cccc1[N+](=O)[O-]. The first-order valence-corrected chi connectivity index (χ1v) is 10.3. The van der Waals surface area contributed by atoms with E-state index in [1.165, 1.54) is 16.5 Å². The summed E-state index contributed by atoms with van der Waals surface area (Å²) in [4.78, 5) is 27.1. The lowest BCUT2D eigenvalue weighted by Gasteiger charge is -2.35. The molecule has 0 fully saturated rings. The smallest absolute Gasteiger partial charge is 0.274 e. The van der Waals surface area contributed by atoms with Gasteiger partial charge in [-0.05, 0) is 42.0 Å². The van der Waals surface area contributed by atoms with Crippen molar-refractivity contribution in [3.05, 3.63) is 91.7 Å². The van der Waals surface area contributed by atoms with Crippen molar-refractivity contribution in [2.45, 2.75) is 19.4 Å². The number of nitrogens with zero attached hydrogens (tertiary/aromatic N) is 2. The molecule has 2 heterocycles. The number of nitro groups is 1. The number of benzene rings is 2. The number of hydrogen-bond acceptors (Lipinski definition) is 5. The van der Waals surface area contributed by atoms with Crippen LogP contribution in [0.25, 0.3) is 0 Å². The number of carbonyl (C=O) groups is 1.